The summed E-state index contributed by atoms with van der Waals surface area (Å²) in [6.07, 6.45) is 2.40. The number of carbonyl (C=O) groups is 1. The van der Waals surface area contributed by atoms with E-state index in [4.69, 9.17) is 9.72 Å². The van der Waals surface area contributed by atoms with Crippen LogP contribution in [-0.2, 0) is 0 Å². The molecule has 4 rings (SSSR count). The minimum atomic E-state index is -0.102. The monoisotopic (exact) mass is 410 g/mol. The summed E-state index contributed by atoms with van der Waals surface area (Å²) >= 11 is 0. The number of nitrogens with zero attached hydrogens (tertiary/aromatic N) is 5. The summed E-state index contributed by atoms with van der Waals surface area (Å²) in [5.74, 6) is 2.44. The number of methoxy groups -OCH3 is 1. The van der Waals surface area contributed by atoms with Crippen molar-refractivity contribution >= 4 is 23.5 Å². The number of hydrogen-bond donors (Lipinski definition) is 1. The van der Waals surface area contributed by atoms with Gasteiger partial charge in [-0.15, -0.1) is 0 Å². The van der Waals surface area contributed by atoms with Gasteiger partial charge in [0.2, 0.25) is 5.95 Å². The zero-order valence-corrected chi connectivity index (χ0v) is 18.0. The number of hydrogen-bond acceptors (Lipinski definition) is 6. The second-order valence-corrected chi connectivity index (χ2v) is 7.97. The second-order valence-electron chi connectivity index (χ2n) is 7.97. The van der Waals surface area contributed by atoms with E-state index in [-0.39, 0.29) is 6.03 Å². The molecule has 0 bridgehead atoms. The first kappa shape index (κ1) is 20.3. The lowest BCUT2D eigenvalue weighted by Gasteiger charge is -2.35. The van der Waals surface area contributed by atoms with Gasteiger partial charge in [0.05, 0.1) is 12.8 Å². The maximum atomic E-state index is 12.8. The van der Waals surface area contributed by atoms with E-state index in [0.717, 1.165) is 49.2 Å². The Kier molecular flexibility index (Phi) is 5.92. The third-order valence-electron chi connectivity index (χ3n) is 5.71. The Labute approximate surface area is 177 Å². The molecule has 8 heteroatoms. The third kappa shape index (κ3) is 4.42. The molecule has 3 heterocycles. The lowest BCUT2D eigenvalue weighted by Crippen LogP contribution is -2.50. The van der Waals surface area contributed by atoms with Gasteiger partial charge in [0.25, 0.3) is 0 Å². The molecule has 2 fully saturated rings. The number of aryl methyl sites for hydroxylation is 2. The van der Waals surface area contributed by atoms with Gasteiger partial charge < -0.3 is 24.8 Å². The molecule has 160 valence electrons. The summed E-state index contributed by atoms with van der Waals surface area (Å²) in [5, 5.41) is 2.99. The minimum Gasteiger partial charge on any atom is -0.495 e. The van der Waals surface area contributed by atoms with E-state index in [0.29, 0.717) is 24.5 Å². The molecule has 0 radical (unpaired) electrons. The average molecular weight is 411 g/mol. The maximum Gasteiger partial charge on any atom is 0.322 e. The lowest BCUT2D eigenvalue weighted by atomic mass is 10.2. The second kappa shape index (κ2) is 8.77. The first-order valence-electron chi connectivity index (χ1n) is 10.6. The zero-order chi connectivity index (χ0) is 21.1. The van der Waals surface area contributed by atoms with Gasteiger partial charge in [0, 0.05) is 51.0 Å². The fraction of sp³-hybridized carbons (Fsp3) is 0.500. The van der Waals surface area contributed by atoms with Crippen molar-refractivity contribution in [2.75, 3.05) is 61.5 Å². The number of nitrogens with one attached hydrogen (secondary N) is 1. The molecule has 2 amide bonds. The lowest BCUT2D eigenvalue weighted by molar-refractivity contribution is 0.208. The maximum absolute atomic E-state index is 12.8. The molecular weight excluding hydrogens is 380 g/mol. The fourth-order valence-corrected chi connectivity index (χ4v) is 4.01. The Morgan fingerprint density at radius 1 is 0.967 bits per heavy atom. The van der Waals surface area contributed by atoms with Gasteiger partial charge in [-0.2, -0.15) is 4.98 Å². The van der Waals surface area contributed by atoms with Crippen molar-refractivity contribution in [2.24, 2.45) is 0 Å². The van der Waals surface area contributed by atoms with Gasteiger partial charge in [-0.1, -0.05) is 6.07 Å². The van der Waals surface area contributed by atoms with Gasteiger partial charge >= 0.3 is 6.03 Å². The van der Waals surface area contributed by atoms with Crippen molar-refractivity contribution in [2.45, 2.75) is 26.7 Å². The topological polar surface area (TPSA) is 73.8 Å². The predicted molar refractivity (Wildman–Crippen MR) is 119 cm³/mol. The van der Waals surface area contributed by atoms with Crippen LogP contribution in [0, 0.1) is 13.8 Å². The number of urea groups is 1. The van der Waals surface area contributed by atoms with Gasteiger partial charge in [-0.05, 0) is 44.4 Å². The van der Waals surface area contributed by atoms with Crippen LogP contribution in [0.1, 0.15) is 24.1 Å². The summed E-state index contributed by atoms with van der Waals surface area (Å²) in [6, 6.07) is 7.70. The standard InChI is InChI=1S/C22H30N6O2/c1-16-6-7-19(30-3)18(14-16)24-22(29)28-12-10-26(11-13-28)20-15-17(2)23-21(25-20)27-8-4-5-9-27/h6-7,14-15H,4-5,8-13H2,1-3H3,(H,24,29). The van der Waals surface area contributed by atoms with Crippen molar-refractivity contribution in [1.29, 1.82) is 0 Å². The molecule has 0 aliphatic carbocycles. The molecule has 0 spiro atoms. The van der Waals surface area contributed by atoms with E-state index in [1.807, 2.05) is 43.0 Å². The van der Waals surface area contributed by atoms with Crippen LogP contribution in [0.3, 0.4) is 0 Å². The molecule has 2 aromatic rings. The van der Waals surface area contributed by atoms with Crippen LogP contribution in [0.25, 0.3) is 0 Å². The largest absolute Gasteiger partial charge is 0.495 e. The molecule has 0 unspecified atom stereocenters. The quantitative estimate of drug-likeness (QED) is 0.835. The van der Waals surface area contributed by atoms with Crippen LogP contribution in [0.5, 0.6) is 5.75 Å². The smallest absolute Gasteiger partial charge is 0.322 e. The third-order valence-corrected chi connectivity index (χ3v) is 5.71. The molecule has 8 nitrogen and oxygen atoms in total. The highest BCUT2D eigenvalue weighted by molar-refractivity contribution is 5.91. The highest BCUT2D eigenvalue weighted by Gasteiger charge is 2.24. The molecule has 2 aliphatic heterocycles. The van der Waals surface area contributed by atoms with Crippen LogP contribution in [-0.4, -0.2) is 67.3 Å². The Morgan fingerprint density at radius 2 is 1.70 bits per heavy atom. The van der Waals surface area contributed by atoms with Crippen LogP contribution in [0.4, 0.5) is 22.2 Å². The number of ether oxygens (including phenoxy) is 1. The molecule has 1 N–H and O–H groups in total. The van der Waals surface area contributed by atoms with Gasteiger partial charge in [-0.3, -0.25) is 0 Å². The average Bonchev–Trinajstić information content (AvgIpc) is 3.29. The van der Waals surface area contributed by atoms with Crippen LogP contribution >= 0.6 is 0 Å². The number of amides is 2. The van der Waals surface area contributed by atoms with Crippen molar-refractivity contribution in [3.8, 4) is 5.75 Å². The SMILES string of the molecule is COc1ccc(C)cc1NC(=O)N1CCN(c2cc(C)nc(N3CCCC3)n2)CC1. The van der Waals surface area contributed by atoms with Crippen LogP contribution < -0.4 is 19.9 Å². The Hall–Kier alpha value is -3.03. The van der Waals surface area contributed by atoms with Crippen molar-refractivity contribution in [3.05, 3.63) is 35.5 Å². The number of aromatic nitrogens is 2. The van der Waals surface area contributed by atoms with Gasteiger partial charge in [0.1, 0.15) is 11.6 Å². The first-order valence-corrected chi connectivity index (χ1v) is 10.6. The van der Waals surface area contributed by atoms with E-state index in [2.05, 4.69) is 20.1 Å². The van der Waals surface area contributed by atoms with Gasteiger partial charge in [-0.25, -0.2) is 9.78 Å². The Morgan fingerprint density at radius 3 is 2.40 bits per heavy atom. The number of benzene rings is 1. The Balaban J connectivity index is 1.39. The van der Waals surface area contributed by atoms with E-state index < -0.39 is 0 Å². The van der Waals surface area contributed by atoms with Crippen LogP contribution in [0.2, 0.25) is 0 Å². The van der Waals surface area contributed by atoms with E-state index in [1.165, 1.54) is 12.8 Å². The van der Waals surface area contributed by atoms with E-state index in [9.17, 15) is 4.79 Å². The van der Waals surface area contributed by atoms with Crippen molar-refractivity contribution in [3.63, 3.8) is 0 Å². The number of anilines is 3. The highest BCUT2D eigenvalue weighted by atomic mass is 16.5. The summed E-state index contributed by atoms with van der Waals surface area (Å²) in [6.45, 7) is 8.84. The summed E-state index contributed by atoms with van der Waals surface area (Å²) in [5.41, 5.74) is 2.75. The summed E-state index contributed by atoms with van der Waals surface area (Å²) in [4.78, 5) is 28.6. The predicted octanol–water partition coefficient (Wildman–Crippen LogP) is 3.06. The highest BCUT2D eigenvalue weighted by Crippen LogP contribution is 2.26. The van der Waals surface area contributed by atoms with E-state index in [1.54, 1.807) is 7.11 Å². The van der Waals surface area contributed by atoms with Crippen LogP contribution in [0.15, 0.2) is 24.3 Å². The van der Waals surface area contributed by atoms with Crippen molar-refractivity contribution < 1.29 is 9.53 Å². The van der Waals surface area contributed by atoms with Crippen molar-refractivity contribution in [1.82, 2.24) is 14.9 Å². The molecule has 1 aromatic heterocycles. The summed E-state index contributed by atoms with van der Waals surface area (Å²) < 4.78 is 5.37. The number of rotatable bonds is 4. The molecule has 30 heavy (non-hydrogen) atoms. The number of piperazine rings is 1. The van der Waals surface area contributed by atoms with Gasteiger partial charge in [0.15, 0.2) is 0 Å². The summed E-state index contributed by atoms with van der Waals surface area (Å²) in [7, 11) is 1.61. The molecule has 2 aliphatic rings. The fourth-order valence-electron chi connectivity index (χ4n) is 4.01. The minimum absolute atomic E-state index is 0.102. The first-order chi connectivity index (χ1) is 14.5. The normalized spacial score (nSPS) is 16.7. The zero-order valence-electron chi connectivity index (χ0n) is 18.0. The molecule has 1 aromatic carbocycles. The molecule has 0 atom stereocenters. The Bertz CT molecular complexity index is 904. The molecule has 2 saturated heterocycles. The number of carbonyl (C=O) groups excluding carboxylic acids is 1. The molecular formula is C22H30N6O2. The van der Waals surface area contributed by atoms with E-state index >= 15 is 0 Å². The molecule has 0 saturated carbocycles.